The van der Waals surface area contributed by atoms with Crippen LogP contribution in [0.15, 0.2) is 24.4 Å². The molecule has 1 N–H and O–H groups in total. The molecule has 0 aliphatic rings. The lowest BCUT2D eigenvalue weighted by Crippen LogP contribution is -2.21. The van der Waals surface area contributed by atoms with Crippen LogP contribution >= 0.6 is 0 Å². The van der Waals surface area contributed by atoms with E-state index in [0.29, 0.717) is 5.82 Å². The van der Waals surface area contributed by atoms with Crippen molar-refractivity contribution in [1.82, 2.24) is 9.55 Å². The summed E-state index contributed by atoms with van der Waals surface area (Å²) in [5.41, 5.74) is 2.63. The minimum Gasteiger partial charge on any atom is -0.358 e. The molecule has 1 aromatic carbocycles. The lowest BCUT2D eigenvalue weighted by atomic mass is 10.1. The summed E-state index contributed by atoms with van der Waals surface area (Å²) in [6, 6.07) is 5.70. The highest BCUT2D eigenvalue weighted by molar-refractivity contribution is 5.92. The van der Waals surface area contributed by atoms with Crippen molar-refractivity contribution in [1.29, 1.82) is 0 Å². The molecule has 0 atom stereocenters. The Balaban J connectivity index is 2.20. The van der Waals surface area contributed by atoms with E-state index in [1.165, 1.54) is 4.57 Å². The number of imidazole rings is 1. The summed E-state index contributed by atoms with van der Waals surface area (Å²) in [5.74, 6) is -0.0842. The molecule has 7 nitrogen and oxygen atoms in total. The third-order valence-corrected chi connectivity index (χ3v) is 3.27. The zero-order valence-corrected chi connectivity index (χ0v) is 12.1. The Hall–Kier alpha value is -2.70. The zero-order valence-electron chi connectivity index (χ0n) is 12.1. The molecular weight excluding hydrogens is 272 g/mol. The quantitative estimate of drug-likeness (QED) is 0.690. The summed E-state index contributed by atoms with van der Waals surface area (Å²) in [4.78, 5) is 26.4. The van der Waals surface area contributed by atoms with Crippen molar-refractivity contribution < 1.29 is 9.72 Å². The minimum atomic E-state index is -0.549. The number of para-hydroxylation sites is 1. The Morgan fingerprint density at radius 2 is 1.95 bits per heavy atom. The number of anilines is 1. The third kappa shape index (κ3) is 3.07. The first-order valence-electron chi connectivity index (χ1n) is 6.42. The Labute approximate surface area is 121 Å². The number of aryl methyl sites for hydroxylation is 3. The first-order chi connectivity index (χ1) is 9.90. The van der Waals surface area contributed by atoms with Gasteiger partial charge in [-0.05, 0) is 29.9 Å². The van der Waals surface area contributed by atoms with Gasteiger partial charge in [-0.25, -0.2) is 9.55 Å². The topological polar surface area (TPSA) is 90.1 Å². The zero-order chi connectivity index (χ0) is 15.6. The molecule has 21 heavy (non-hydrogen) atoms. The van der Waals surface area contributed by atoms with E-state index in [4.69, 9.17) is 0 Å². The van der Waals surface area contributed by atoms with Crippen LogP contribution in [0.25, 0.3) is 0 Å². The molecule has 1 amide bonds. The predicted octanol–water partition coefficient (Wildman–Crippen LogP) is 2.36. The number of benzene rings is 1. The number of nitro groups is 1. The maximum absolute atomic E-state index is 12.1. The molecule has 0 unspecified atom stereocenters. The number of hydrogen-bond donors (Lipinski definition) is 1. The molecule has 110 valence electrons. The largest absolute Gasteiger partial charge is 0.358 e. The maximum Gasteiger partial charge on any atom is 0.343 e. The van der Waals surface area contributed by atoms with Crippen LogP contribution in [0.2, 0.25) is 0 Å². The summed E-state index contributed by atoms with van der Waals surface area (Å²) in [6.07, 6.45) is 1.15. The van der Waals surface area contributed by atoms with E-state index in [9.17, 15) is 14.9 Å². The van der Waals surface area contributed by atoms with Gasteiger partial charge in [-0.15, -0.1) is 0 Å². The van der Waals surface area contributed by atoms with Crippen LogP contribution in [0.5, 0.6) is 0 Å². The number of amides is 1. The summed E-state index contributed by atoms with van der Waals surface area (Å²) >= 11 is 0. The number of carbonyl (C=O) groups is 1. The van der Waals surface area contributed by atoms with Crippen molar-refractivity contribution in [3.8, 4) is 0 Å². The lowest BCUT2D eigenvalue weighted by Gasteiger charge is -2.11. The van der Waals surface area contributed by atoms with Crippen molar-refractivity contribution in [3.05, 3.63) is 51.5 Å². The third-order valence-electron chi connectivity index (χ3n) is 3.27. The minimum absolute atomic E-state index is 0.143. The van der Waals surface area contributed by atoms with E-state index in [1.54, 1.807) is 6.92 Å². The molecule has 0 radical (unpaired) electrons. The van der Waals surface area contributed by atoms with Crippen LogP contribution in [-0.2, 0) is 11.3 Å². The van der Waals surface area contributed by atoms with Crippen molar-refractivity contribution >= 4 is 17.4 Å². The molecule has 0 saturated carbocycles. The summed E-state index contributed by atoms with van der Waals surface area (Å²) in [6.45, 7) is 5.27. The van der Waals surface area contributed by atoms with Gasteiger partial charge in [0.2, 0.25) is 0 Å². The fraction of sp³-hybridized carbons (Fsp3) is 0.286. The van der Waals surface area contributed by atoms with Crippen molar-refractivity contribution in [2.75, 3.05) is 5.32 Å². The van der Waals surface area contributed by atoms with E-state index in [-0.39, 0.29) is 18.3 Å². The second-order valence-corrected chi connectivity index (χ2v) is 4.82. The smallest absolute Gasteiger partial charge is 0.343 e. The lowest BCUT2D eigenvalue weighted by molar-refractivity contribution is -0.392. The molecule has 2 rings (SSSR count). The average molecular weight is 288 g/mol. The molecule has 2 aromatic rings. The molecule has 0 bridgehead atoms. The van der Waals surface area contributed by atoms with Gasteiger partial charge >= 0.3 is 5.82 Å². The number of aromatic nitrogens is 2. The highest BCUT2D eigenvalue weighted by atomic mass is 16.6. The predicted molar refractivity (Wildman–Crippen MR) is 78.2 cm³/mol. The van der Waals surface area contributed by atoms with E-state index >= 15 is 0 Å². The molecule has 0 aliphatic carbocycles. The van der Waals surface area contributed by atoms with Crippen molar-refractivity contribution in [3.63, 3.8) is 0 Å². The highest BCUT2D eigenvalue weighted by Crippen LogP contribution is 2.20. The number of nitrogens with zero attached hydrogens (tertiary/aromatic N) is 3. The Morgan fingerprint density at radius 3 is 2.52 bits per heavy atom. The van der Waals surface area contributed by atoms with Crippen molar-refractivity contribution in [2.45, 2.75) is 27.3 Å². The van der Waals surface area contributed by atoms with Gasteiger partial charge in [0.1, 0.15) is 6.20 Å². The normalized spacial score (nSPS) is 10.4. The number of rotatable bonds is 4. The summed E-state index contributed by atoms with van der Waals surface area (Å²) < 4.78 is 1.28. The molecule has 1 heterocycles. The molecule has 0 fully saturated rings. The molecule has 0 saturated heterocycles. The van der Waals surface area contributed by atoms with E-state index < -0.39 is 4.92 Å². The average Bonchev–Trinajstić information content (AvgIpc) is 2.76. The Morgan fingerprint density at radius 1 is 1.33 bits per heavy atom. The molecule has 1 aromatic heterocycles. The Kier molecular flexibility index (Phi) is 4.02. The summed E-state index contributed by atoms with van der Waals surface area (Å²) in [5, 5.41) is 13.7. The second-order valence-electron chi connectivity index (χ2n) is 4.82. The number of hydrogen-bond acceptors (Lipinski definition) is 4. The van der Waals surface area contributed by atoms with Gasteiger partial charge in [0.05, 0.1) is 0 Å². The standard InChI is InChI=1S/C14H16N4O3/c1-9-5-4-6-10(2)14(9)16-12(19)8-17-11(3)15-7-13(17)18(20)21/h4-7H,8H2,1-3H3,(H,16,19). The fourth-order valence-corrected chi connectivity index (χ4v) is 2.13. The van der Waals surface area contributed by atoms with Crippen LogP contribution in [0.1, 0.15) is 17.0 Å². The molecule has 7 heteroatoms. The monoisotopic (exact) mass is 288 g/mol. The number of nitrogens with one attached hydrogen (secondary N) is 1. The van der Waals surface area contributed by atoms with Crippen LogP contribution in [0.4, 0.5) is 11.5 Å². The van der Waals surface area contributed by atoms with Gasteiger partial charge in [-0.2, -0.15) is 0 Å². The van der Waals surface area contributed by atoms with Crippen LogP contribution in [0, 0.1) is 30.9 Å². The van der Waals surface area contributed by atoms with E-state index in [1.807, 2.05) is 32.0 Å². The van der Waals surface area contributed by atoms with Crippen LogP contribution in [0.3, 0.4) is 0 Å². The van der Waals surface area contributed by atoms with Crippen molar-refractivity contribution in [2.24, 2.45) is 0 Å². The van der Waals surface area contributed by atoms with Crippen LogP contribution in [-0.4, -0.2) is 20.4 Å². The summed E-state index contributed by atoms with van der Waals surface area (Å²) in [7, 11) is 0. The second kappa shape index (κ2) is 5.74. The van der Waals surface area contributed by atoms with Gasteiger partial charge in [0.25, 0.3) is 5.91 Å². The van der Waals surface area contributed by atoms with Crippen LogP contribution < -0.4 is 5.32 Å². The van der Waals surface area contributed by atoms with Gasteiger partial charge in [-0.3, -0.25) is 4.79 Å². The van der Waals surface area contributed by atoms with Gasteiger partial charge in [-0.1, -0.05) is 18.2 Å². The Bertz CT molecular complexity index is 686. The molecule has 0 aliphatic heterocycles. The maximum atomic E-state index is 12.1. The molecule has 0 spiro atoms. The highest BCUT2D eigenvalue weighted by Gasteiger charge is 2.20. The number of carbonyl (C=O) groups excluding carboxylic acids is 1. The van der Waals surface area contributed by atoms with Gasteiger partial charge in [0.15, 0.2) is 12.4 Å². The van der Waals surface area contributed by atoms with E-state index in [2.05, 4.69) is 10.3 Å². The SMILES string of the molecule is Cc1cccc(C)c1NC(=O)Cn1c([N+](=O)[O-])cnc1C. The van der Waals surface area contributed by atoms with Gasteiger partial charge < -0.3 is 15.4 Å². The van der Waals surface area contributed by atoms with Gasteiger partial charge in [0, 0.05) is 12.6 Å². The fourth-order valence-electron chi connectivity index (χ4n) is 2.13. The first-order valence-corrected chi connectivity index (χ1v) is 6.42. The first kappa shape index (κ1) is 14.7. The van der Waals surface area contributed by atoms with E-state index in [0.717, 1.165) is 23.0 Å². The molecular formula is C14H16N4O3.